The summed E-state index contributed by atoms with van der Waals surface area (Å²) in [4.78, 5) is 13.3. The van der Waals surface area contributed by atoms with E-state index in [1.807, 2.05) is 0 Å². The molecule has 1 aliphatic heterocycles. The first-order chi connectivity index (χ1) is 13.0. The quantitative estimate of drug-likeness (QED) is 0.819. The summed E-state index contributed by atoms with van der Waals surface area (Å²) in [5, 5.41) is 3.24. The van der Waals surface area contributed by atoms with Crippen LogP contribution in [0.15, 0.2) is 35.2 Å². The monoisotopic (exact) mass is 391 g/mol. The molecular formula is C20H29N3O3S. The van der Waals surface area contributed by atoms with Crippen molar-refractivity contribution in [3.63, 3.8) is 0 Å². The van der Waals surface area contributed by atoms with Crippen molar-refractivity contribution in [2.75, 3.05) is 6.54 Å². The van der Waals surface area contributed by atoms with Crippen LogP contribution < -0.4 is 11.1 Å². The molecular weight excluding hydrogens is 362 g/mol. The number of nitrogens with zero attached hydrogens (tertiary/aromatic N) is 1. The minimum Gasteiger partial charge on any atom is -0.351 e. The lowest BCUT2D eigenvalue weighted by Gasteiger charge is -2.45. The molecule has 2 saturated carbocycles. The predicted molar refractivity (Wildman–Crippen MR) is 103 cm³/mol. The molecule has 0 spiro atoms. The maximum Gasteiger partial charge on any atom is 0.243 e. The molecule has 1 aromatic rings. The summed E-state index contributed by atoms with van der Waals surface area (Å²) in [5.41, 5.74) is 6.18. The smallest absolute Gasteiger partial charge is 0.243 e. The standard InChI is InChI=1S/C20H29N3O3S/c21-16-12-14-6-4-7-15(13-16)19(14)22-20(24)18-10-5-11-23(18)27(25,26)17-8-2-1-3-9-17/h1-3,8-9,14-16,18-19H,4-7,10-13,21H2,(H,22,24). The number of hydrogen-bond acceptors (Lipinski definition) is 4. The van der Waals surface area contributed by atoms with E-state index < -0.39 is 16.1 Å². The number of hydrogen-bond donors (Lipinski definition) is 2. The van der Waals surface area contributed by atoms with Crippen molar-refractivity contribution >= 4 is 15.9 Å². The zero-order valence-corrected chi connectivity index (χ0v) is 16.4. The molecule has 0 aromatic heterocycles. The first-order valence-corrected chi connectivity index (χ1v) is 11.5. The van der Waals surface area contributed by atoms with E-state index in [4.69, 9.17) is 5.73 Å². The molecule has 1 amide bonds. The van der Waals surface area contributed by atoms with E-state index in [9.17, 15) is 13.2 Å². The third-order valence-electron chi connectivity index (χ3n) is 6.54. The maximum absolute atomic E-state index is 13.1. The van der Waals surface area contributed by atoms with E-state index in [1.165, 1.54) is 10.7 Å². The minimum absolute atomic E-state index is 0.135. The van der Waals surface area contributed by atoms with Crippen LogP contribution in [0.25, 0.3) is 0 Å². The van der Waals surface area contributed by atoms with Gasteiger partial charge in [0.2, 0.25) is 15.9 Å². The lowest BCUT2D eigenvalue weighted by atomic mass is 9.67. The molecule has 3 atom stereocenters. The van der Waals surface area contributed by atoms with Crippen molar-refractivity contribution in [2.45, 2.75) is 68.0 Å². The number of benzene rings is 1. The molecule has 2 aliphatic carbocycles. The second-order valence-electron chi connectivity index (χ2n) is 8.30. The molecule has 1 aromatic carbocycles. The second-order valence-corrected chi connectivity index (χ2v) is 10.2. The summed E-state index contributed by atoms with van der Waals surface area (Å²) in [6, 6.07) is 8.18. The number of fused-ring (bicyclic) bond motifs is 2. The zero-order valence-electron chi connectivity index (χ0n) is 15.6. The van der Waals surface area contributed by atoms with Crippen molar-refractivity contribution in [1.29, 1.82) is 0 Å². The summed E-state index contributed by atoms with van der Waals surface area (Å²) in [7, 11) is -3.65. The van der Waals surface area contributed by atoms with E-state index in [0.717, 1.165) is 25.7 Å². The van der Waals surface area contributed by atoms with Gasteiger partial charge in [0.15, 0.2) is 0 Å². The fraction of sp³-hybridized carbons (Fsp3) is 0.650. The molecule has 6 nitrogen and oxygen atoms in total. The first kappa shape index (κ1) is 18.9. The normalized spacial score (nSPS) is 34.3. The Bertz CT molecular complexity index is 769. The van der Waals surface area contributed by atoms with Gasteiger partial charge in [-0.15, -0.1) is 0 Å². The molecule has 1 saturated heterocycles. The summed E-state index contributed by atoms with van der Waals surface area (Å²) < 4.78 is 27.4. The Hall–Kier alpha value is -1.44. The number of amides is 1. The Balaban J connectivity index is 1.50. The van der Waals surface area contributed by atoms with Crippen LogP contribution >= 0.6 is 0 Å². The Morgan fingerprint density at radius 2 is 1.70 bits per heavy atom. The van der Waals surface area contributed by atoms with Gasteiger partial charge < -0.3 is 11.1 Å². The molecule has 3 aliphatic rings. The fourth-order valence-corrected chi connectivity index (χ4v) is 6.98. The number of nitrogens with one attached hydrogen (secondary N) is 1. The summed E-state index contributed by atoms with van der Waals surface area (Å²) in [6.45, 7) is 0.401. The minimum atomic E-state index is -3.65. The molecule has 2 bridgehead atoms. The highest BCUT2D eigenvalue weighted by Crippen LogP contribution is 2.40. The number of nitrogens with two attached hydrogens (primary N) is 1. The van der Waals surface area contributed by atoms with Crippen molar-refractivity contribution in [3.8, 4) is 0 Å². The highest BCUT2D eigenvalue weighted by atomic mass is 32.2. The van der Waals surface area contributed by atoms with Crippen molar-refractivity contribution in [1.82, 2.24) is 9.62 Å². The van der Waals surface area contributed by atoms with Crippen LogP contribution in [0.2, 0.25) is 0 Å². The van der Waals surface area contributed by atoms with Crippen LogP contribution in [0.1, 0.15) is 44.9 Å². The van der Waals surface area contributed by atoms with Gasteiger partial charge in [-0.05, 0) is 62.5 Å². The summed E-state index contributed by atoms with van der Waals surface area (Å²) in [5.74, 6) is 0.721. The number of sulfonamides is 1. The van der Waals surface area contributed by atoms with Gasteiger partial charge in [-0.25, -0.2) is 8.42 Å². The predicted octanol–water partition coefficient (Wildman–Crippen LogP) is 1.86. The van der Waals surface area contributed by atoms with Gasteiger partial charge in [-0.3, -0.25) is 4.79 Å². The second kappa shape index (κ2) is 7.53. The Labute approximate surface area is 161 Å². The lowest BCUT2D eigenvalue weighted by Crippen LogP contribution is -2.57. The molecule has 0 radical (unpaired) electrons. The summed E-state index contributed by atoms with van der Waals surface area (Å²) in [6.07, 6.45) is 6.62. The lowest BCUT2D eigenvalue weighted by molar-refractivity contribution is -0.126. The molecule has 3 fully saturated rings. The van der Waals surface area contributed by atoms with E-state index >= 15 is 0 Å². The van der Waals surface area contributed by atoms with E-state index in [2.05, 4.69) is 5.32 Å². The zero-order chi connectivity index (χ0) is 19.0. The number of carbonyl (C=O) groups is 1. The van der Waals surface area contributed by atoms with Crippen LogP contribution in [0.5, 0.6) is 0 Å². The number of rotatable bonds is 4. The van der Waals surface area contributed by atoms with Crippen LogP contribution in [-0.2, 0) is 14.8 Å². The third kappa shape index (κ3) is 3.65. The molecule has 3 unspecified atom stereocenters. The van der Waals surface area contributed by atoms with Gasteiger partial charge >= 0.3 is 0 Å². The molecule has 3 N–H and O–H groups in total. The summed E-state index contributed by atoms with van der Waals surface area (Å²) >= 11 is 0. The largest absolute Gasteiger partial charge is 0.351 e. The highest BCUT2D eigenvalue weighted by Gasteiger charge is 2.44. The third-order valence-corrected chi connectivity index (χ3v) is 8.46. The maximum atomic E-state index is 13.1. The van der Waals surface area contributed by atoms with Gasteiger partial charge in [0.25, 0.3) is 0 Å². The molecule has 1 heterocycles. The average Bonchev–Trinajstić information content (AvgIpc) is 3.14. The fourth-order valence-electron chi connectivity index (χ4n) is 5.30. The van der Waals surface area contributed by atoms with E-state index in [-0.39, 0.29) is 22.9 Å². The molecule has 4 rings (SSSR count). The highest BCUT2D eigenvalue weighted by molar-refractivity contribution is 7.89. The number of carbonyl (C=O) groups excluding carboxylic acids is 1. The van der Waals surface area contributed by atoms with E-state index in [0.29, 0.717) is 31.2 Å². The molecule has 7 heteroatoms. The van der Waals surface area contributed by atoms with Gasteiger partial charge in [-0.2, -0.15) is 4.31 Å². The van der Waals surface area contributed by atoms with Gasteiger partial charge in [0.1, 0.15) is 6.04 Å². The first-order valence-electron chi connectivity index (χ1n) is 10.1. The topological polar surface area (TPSA) is 92.5 Å². The van der Waals surface area contributed by atoms with Crippen molar-refractivity contribution in [3.05, 3.63) is 30.3 Å². The van der Waals surface area contributed by atoms with Crippen LogP contribution in [-0.4, -0.2) is 43.3 Å². The molecule has 27 heavy (non-hydrogen) atoms. The van der Waals surface area contributed by atoms with Crippen molar-refractivity contribution < 1.29 is 13.2 Å². The molecule has 148 valence electrons. The average molecular weight is 392 g/mol. The van der Waals surface area contributed by atoms with Crippen LogP contribution in [0.3, 0.4) is 0 Å². The van der Waals surface area contributed by atoms with E-state index in [1.54, 1.807) is 30.3 Å². The van der Waals surface area contributed by atoms with Gasteiger partial charge in [0, 0.05) is 18.6 Å². The van der Waals surface area contributed by atoms with Crippen LogP contribution in [0, 0.1) is 11.8 Å². The van der Waals surface area contributed by atoms with Gasteiger partial charge in [0.05, 0.1) is 4.90 Å². The van der Waals surface area contributed by atoms with Gasteiger partial charge in [-0.1, -0.05) is 24.6 Å². The van der Waals surface area contributed by atoms with Crippen molar-refractivity contribution in [2.24, 2.45) is 17.6 Å². The Morgan fingerprint density at radius 1 is 1.04 bits per heavy atom. The Morgan fingerprint density at radius 3 is 2.37 bits per heavy atom. The van der Waals surface area contributed by atoms with Crippen LogP contribution in [0.4, 0.5) is 0 Å². The SMILES string of the molecule is NC1CC2CCCC(C1)C2NC(=O)C1CCCN1S(=O)(=O)c1ccccc1. The Kier molecular flexibility index (Phi) is 5.27.